The van der Waals surface area contributed by atoms with Gasteiger partial charge in [0.15, 0.2) is 0 Å². The summed E-state index contributed by atoms with van der Waals surface area (Å²) in [4.78, 5) is 0. The zero-order valence-corrected chi connectivity index (χ0v) is 12.5. The van der Waals surface area contributed by atoms with Gasteiger partial charge in [-0.3, -0.25) is 0 Å². The summed E-state index contributed by atoms with van der Waals surface area (Å²) >= 11 is 0. The first kappa shape index (κ1) is 13.0. The van der Waals surface area contributed by atoms with Crippen LogP contribution in [0.4, 0.5) is 11.4 Å². The Morgan fingerprint density at radius 1 is 0.900 bits per heavy atom. The molecule has 0 spiro atoms. The molecule has 2 nitrogen and oxygen atoms in total. The van der Waals surface area contributed by atoms with Gasteiger partial charge >= 0.3 is 0 Å². The van der Waals surface area contributed by atoms with E-state index in [9.17, 15) is 0 Å². The van der Waals surface area contributed by atoms with Crippen LogP contribution in [0, 0.1) is 20.8 Å². The predicted molar refractivity (Wildman–Crippen MR) is 86.1 cm³/mol. The summed E-state index contributed by atoms with van der Waals surface area (Å²) in [6.07, 6.45) is 2.30. The average molecular weight is 266 g/mol. The Bertz CT molecular complexity index is 669. The van der Waals surface area contributed by atoms with Gasteiger partial charge < -0.3 is 11.5 Å². The molecule has 3 rings (SSSR count). The summed E-state index contributed by atoms with van der Waals surface area (Å²) in [6.45, 7) is 6.50. The highest BCUT2D eigenvalue weighted by molar-refractivity contribution is 5.65. The van der Waals surface area contributed by atoms with E-state index in [4.69, 9.17) is 11.5 Å². The van der Waals surface area contributed by atoms with E-state index >= 15 is 0 Å². The van der Waals surface area contributed by atoms with E-state index in [1.165, 1.54) is 39.8 Å². The summed E-state index contributed by atoms with van der Waals surface area (Å²) in [5.74, 6) is 0.489. The van der Waals surface area contributed by atoms with Gasteiger partial charge in [-0.1, -0.05) is 12.1 Å². The van der Waals surface area contributed by atoms with Crippen molar-refractivity contribution in [1.82, 2.24) is 0 Å². The minimum absolute atomic E-state index is 0.489. The SMILES string of the molecule is Cc1c(C)c2c(c(C)c1N)CCC2c1ccc(N)cc1. The van der Waals surface area contributed by atoms with Crippen LogP contribution < -0.4 is 11.5 Å². The fourth-order valence-electron chi connectivity index (χ4n) is 3.56. The minimum Gasteiger partial charge on any atom is -0.399 e. The normalized spacial score (nSPS) is 17.2. The molecule has 104 valence electrons. The van der Waals surface area contributed by atoms with Crippen LogP contribution in [0.3, 0.4) is 0 Å². The lowest BCUT2D eigenvalue weighted by Gasteiger charge is -2.20. The van der Waals surface area contributed by atoms with Crippen molar-refractivity contribution in [2.75, 3.05) is 11.5 Å². The van der Waals surface area contributed by atoms with Crippen LogP contribution >= 0.6 is 0 Å². The maximum atomic E-state index is 6.24. The molecule has 1 unspecified atom stereocenters. The molecule has 0 aliphatic heterocycles. The van der Waals surface area contributed by atoms with Crippen molar-refractivity contribution in [2.45, 2.75) is 39.5 Å². The van der Waals surface area contributed by atoms with E-state index in [1.54, 1.807) is 0 Å². The molecule has 0 bridgehead atoms. The summed E-state index contributed by atoms with van der Waals surface area (Å²) in [7, 11) is 0. The maximum absolute atomic E-state index is 6.24. The van der Waals surface area contributed by atoms with Gasteiger partial charge in [0, 0.05) is 17.3 Å². The van der Waals surface area contributed by atoms with E-state index < -0.39 is 0 Å². The molecular formula is C18H22N2. The van der Waals surface area contributed by atoms with Gasteiger partial charge in [0.25, 0.3) is 0 Å². The Balaban J connectivity index is 2.17. The zero-order chi connectivity index (χ0) is 14.4. The summed E-state index contributed by atoms with van der Waals surface area (Å²) in [6, 6.07) is 8.32. The van der Waals surface area contributed by atoms with Gasteiger partial charge in [-0.15, -0.1) is 0 Å². The molecule has 0 radical (unpaired) electrons. The molecule has 1 aliphatic rings. The van der Waals surface area contributed by atoms with Crippen molar-refractivity contribution in [2.24, 2.45) is 0 Å². The van der Waals surface area contributed by atoms with Crippen LogP contribution in [0.2, 0.25) is 0 Å². The van der Waals surface area contributed by atoms with Gasteiger partial charge in [-0.25, -0.2) is 0 Å². The van der Waals surface area contributed by atoms with Crippen molar-refractivity contribution in [1.29, 1.82) is 0 Å². The predicted octanol–water partition coefficient (Wildman–Crippen LogP) is 3.85. The molecule has 0 saturated carbocycles. The second kappa shape index (κ2) is 4.55. The summed E-state index contributed by atoms with van der Waals surface area (Å²) in [5.41, 5.74) is 22.1. The van der Waals surface area contributed by atoms with Gasteiger partial charge in [-0.2, -0.15) is 0 Å². The van der Waals surface area contributed by atoms with E-state index in [0.717, 1.165) is 17.8 Å². The molecule has 20 heavy (non-hydrogen) atoms. The quantitative estimate of drug-likeness (QED) is 0.770. The Morgan fingerprint density at radius 2 is 1.55 bits per heavy atom. The number of nitrogen functional groups attached to an aromatic ring is 2. The topological polar surface area (TPSA) is 52.0 Å². The van der Waals surface area contributed by atoms with E-state index in [0.29, 0.717) is 5.92 Å². The highest BCUT2D eigenvalue weighted by Crippen LogP contribution is 2.44. The number of fused-ring (bicyclic) bond motifs is 1. The van der Waals surface area contributed by atoms with Crippen molar-refractivity contribution in [3.8, 4) is 0 Å². The van der Waals surface area contributed by atoms with Crippen molar-refractivity contribution < 1.29 is 0 Å². The second-order valence-electron chi connectivity index (χ2n) is 5.94. The molecule has 0 saturated heterocycles. The lowest BCUT2D eigenvalue weighted by atomic mass is 9.86. The first-order chi connectivity index (χ1) is 9.50. The minimum atomic E-state index is 0.489. The van der Waals surface area contributed by atoms with Crippen LogP contribution in [0.25, 0.3) is 0 Å². The monoisotopic (exact) mass is 266 g/mol. The summed E-state index contributed by atoms with van der Waals surface area (Å²) in [5, 5.41) is 0. The number of hydrogen-bond donors (Lipinski definition) is 2. The first-order valence-corrected chi connectivity index (χ1v) is 7.24. The number of hydrogen-bond acceptors (Lipinski definition) is 2. The third-order valence-electron chi connectivity index (χ3n) is 4.92. The molecule has 1 aliphatic carbocycles. The second-order valence-corrected chi connectivity index (χ2v) is 5.94. The fourth-order valence-corrected chi connectivity index (χ4v) is 3.56. The van der Waals surface area contributed by atoms with Crippen LogP contribution in [0.5, 0.6) is 0 Å². The van der Waals surface area contributed by atoms with Crippen molar-refractivity contribution in [3.05, 3.63) is 57.6 Å². The van der Waals surface area contributed by atoms with Crippen molar-refractivity contribution in [3.63, 3.8) is 0 Å². The molecule has 2 aromatic rings. The van der Waals surface area contributed by atoms with Gasteiger partial charge in [0.1, 0.15) is 0 Å². The van der Waals surface area contributed by atoms with E-state index in [2.05, 4.69) is 32.9 Å². The zero-order valence-electron chi connectivity index (χ0n) is 12.5. The summed E-state index contributed by atoms with van der Waals surface area (Å²) < 4.78 is 0. The lowest BCUT2D eigenvalue weighted by molar-refractivity contribution is 0.784. The number of nitrogens with two attached hydrogens (primary N) is 2. The van der Waals surface area contributed by atoms with Crippen LogP contribution in [-0.2, 0) is 6.42 Å². The Kier molecular flexibility index (Phi) is 2.97. The van der Waals surface area contributed by atoms with E-state index in [1.807, 2.05) is 12.1 Å². The molecular weight excluding hydrogens is 244 g/mol. The molecule has 1 atom stereocenters. The Labute approximate surface area is 120 Å². The molecule has 4 N–H and O–H groups in total. The third-order valence-corrected chi connectivity index (χ3v) is 4.92. The molecule has 2 aromatic carbocycles. The van der Waals surface area contributed by atoms with Gasteiger partial charge in [0.2, 0.25) is 0 Å². The number of rotatable bonds is 1. The molecule has 0 heterocycles. The highest BCUT2D eigenvalue weighted by atomic mass is 14.6. The van der Waals surface area contributed by atoms with Crippen molar-refractivity contribution >= 4 is 11.4 Å². The van der Waals surface area contributed by atoms with Crippen LogP contribution in [0.15, 0.2) is 24.3 Å². The van der Waals surface area contributed by atoms with Gasteiger partial charge in [0.05, 0.1) is 0 Å². The average Bonchev–Trinajstić information content (AvgIpc) is 2.88. The molecule has 0 aromatic heterocycles. The van der Waals surface area contributed by atoms with E-state index in [-0.39, 0.29) is 0 Å². The van der Waals surface area contributed by atoms with Gasteiger partial charge in [-0.05, 0) is 79.1 Å². The molecule has 0 fully saturated rings. The van der Waals surface area contributed by atoms with Crippen LogP contribution in [0.1, 0.15) is 45.7 Å². The highest BCUT2D eigenvalue weighted by Gasteiger charge is 2.29. The Hall–Kier alpha value is -1.96. The number of anilines is 2. The maximum Gasteiger partial charge on any atom is 0.0379 e. The lowest BCUT2D eigenvalue weighted by Crippen LogP contribution is -2.05. The Morgan fingerprint density at radius 3 is 2.20 bits per heavy atom. The smallest absolute Gasteiger partial charge is 0.0379 e. The first-order valence-electron chi connectivity index (χ1n) is 7.24. The fraction of sp³-hybridized carbons (Fsp3) is 0.333. The van der Waals surface area contributed by atoms with Crippen LogP contribution in [-0.4, -0.2) is 0 Å². The molecule has 2 heteroatoms. The third kappa shape index (κ3) is 1.79. The molecule has 0 amide bonds. The number of benzene rings is 2. The largest absolute Gasteiger partial charge is 0.399 e. The standard InChI is InChI=1S/C18H22N2/c1-10-11(2)18(20)12(3)15-8-9-16(17(10)15)13-4-6-14(19)7-5-13/h4-7,16H,8-9,19-20H2,1-3H3.